The SMILES string of the molecule is CCCCCCC(=O)C(CC)CCCC. The Kier molecular flexibility index (Phi) is 9.97. The number of unbranched alkanes of at least 4 members (excludes halogenated alkanes) is 4. The van der Waals surface area contributed by atoms with Crippen LogP contribution in [0.15, 0.2) is 0 Å². The van der Waals surface area contributed by atoms with Crippen LogP contribution in [0.4, 0.5) is 0 Å². The number of ketones is 1. The Balaban J connectivity index is 3.63. The molecule has 0 aliphatic carbocycles. The van der Waals surface area contributed by atoms with Crippen molar-refractivity contribution in [3.63, 3.8) is 0 Å². The Labute approximate surface area is 95.6 Å². The largest absolute Gasteiger partial charge is 0.299 e. The lowest BCUT2D eigenvalue weighted by molar-refractivity contribution is -0.123. The monoisotopic (exact) mass is 212 g/mol. The Morgan fingerprint density at radius 3 is 2.13 bits per heavy atom. The first-order valence-electron chi connectivity index (χ1n) is 6.78. The van der Waals surface area contributed by atoms with Gasteiger partial charge in [-0.3, -0.25) is 4.79 Å². The van der Waals surface area contributed by atoms with Gasteiger partial charge >= 0.3 is 0 Å². The third-order valence-electron chi connectivity index (χ3n) is 3.13. The average molecular weight is 212 g/mol. The van der Waals surface area contributed by atoms with E-state index in [4.69, 9.17) is 0 Å². The van der Waals surface area contributed by atoms with Crippen LogP contribution in [0.2, 0.25) is 0 Å². The summed E-state index contributed by atoms with van der Waals surface area (Å²) in [6.45, 7) is 6.54. The predicted octanol–water partition coefficient (Wildman–Crippen LogP) is 4.74. The van der Waals surface area contributed by atoms with E-state index in [2.05, 4.69) is 20.8 Å². The fourth-order valence-electron chi connectivity index (χ4n) is 1.97. The lowest BCUT2D eigenvalue weighted by atomic mass is 9.92. The standard InChI is InChI=1S/C14H28O/c1-4-7-9-10-12-14(15)13(6-3)11-8-5-2/h13H,4-12H2,1-3H3. The Morgan fingerprint density at radius 2 is 1.60 bits per heavy atom. The molecule has 0 aromatic carbocycles. The molecular formula is C14H28O. The van der Waals surface area contributed by atoms with E-state index < -0.39 is 0 Å². The van der Waals surface area contributed by atoms with Crippen LogP contribution in [0.1, 0.15) is 78.6 Å². The molecule has 0 radical (unpaired) electrons. The molecule has 0 saturated carbocycles. The first-order valence-corrected chi connectivity index (χ1v) is 6.78. The zero-order chi connectivity index (χ0) is 11.5. The summed E-state index contributed by atoms with van der Waals surface area (Å²) < 4.78 is 0. The van der Waals surface area contributed by atoms with Crippen LogP contribution in [0.25, 0.3) is 0 Å². The van der Waals surface area contributed by atoms with Gasteiger partial charge in [0.15, 0.2) is 0 Å². The number of carbonyl (C=O) groups is 1. The minimum Gasteiger partial charge on any atom is -0.299 e. The van der Waals surface area contributed by atoms with Gasteiger partial charge in [0.2, 0.25) is 0 Å². The van der Waals surface area contributed by atoms with E-state index in [9.17, 15) is 4.79 Å². The van der Waals surface area contributed by atoms with Crippen LogP contribution in [0.3, 0.4) is 0 Å². The molecule has 1 nitrogen and oxygen atoms in total. The molecule has 0 saturated heterocycles. The maximum Gasteiger partial charge on any atom is 0.135 e. The van der Waals surface area contributed by atoms with Crippen molar-refractivity contribution in [1.82, 2.24) is 0 Å². The quantitative estimate of drug-likeness (QED) is 0.478. The van der Waals surface area contributed by atoms with Gasteiger partial charge in [0.05, 0.1) is 0 Å². The van der Waals surface area contributed by atoms with Gasteiger partial charge in [0.25, 0.3) is 0 Å². The van der Waals surface area contributed by atoms with E-state index in [0.717, 1.165) is 25.7 Å². The van der Waals surface area contributed by atoms with E-state index in [1.54, 1.807) is 0 Å². The van der Waals surface area contributed by atoms with Gasteiger partial charge in [0, 0.05) is 12.3 Å². The van der Waals surface area contributed by atoms with Crippen molar-refractivity contribution in [1.29, 1.82) is 0 Å². The molecule has 0 aliphatic rings. The maximum atomic E-state index is 11.8. The highest BCUT2D eigenvalue weighted by atomic mass is 16.1. The van der Waals surface area contributed by atoms with Crippen LogP contribution >= 0.6 is 0 Å². The van der Waals surface area contributed by atoms with E-state index >= 15 is 0 Å². The zero-order valence-corrected chi connectivity index (χ0v) is 10.8. The summed E-state index contributed by atoms with van der Waals surface area (Å²) in [6, 6.07) is 0. The van der Waals surface area contributed by atoms with E-state index in [1.807, 2.05) is 0 Å². The van der Waals surface area contributed by atoms with E-state index in [0.29, 0.717) is 11.7 Å². The number of carbonyl (C=O) groups excluding carboxylic acids is 1. The molecular weight excluding hydrogens is 184 g/mol. The second-order valence-electron chi connectivity index (χ2n) is 4.52. The van der Waals surface area contributed by atoms with Gasteiger partial charge in [-0.15, -0.1) is 0 Å². The summed E-state index contributed by atoms with van der Waals surface area (Å²) in [7, 11) is 0. The normalized spacial score (nSPS) is 12.7. The van der Waals surface area contributed by atoms with Gasteiger partial charge in [-0.1, -0.05) is 52.9 Å². The van der Waals surface area contributed by atoms with E-state index in [-0.39, 0.29) is 0 Å². The van der Waals surface area contributed by atoms with Gasteiger partial charge in [-0.05, 0) is 19.3 Å². The molecule has 0 aliphatic heterocycles. The lowest BCUT2D eigenvalue weighted by Crippen LogP contribution is -2.13. The van der Waals surface area contributed by atoms with E-state index in [1.165, 1.54) is 32.1 Å². The summed E-state index contributed by atoms with van der Waals surface area (Å²) >= 11 is 0. The molecule has 90 valence electrons. The molecule has 0 bridgehead atoms. The molecule has 0 spiro atoms. The van der Waals surface area contributed by atoms with Crippen molar-refractivity contribution >= 4 is 5.78 Å². The van der Waals surface area contributed by atoms with Crippen LogP contribution in [0, 0.1) is 5.92 Å². The maximum absolute atomic E-state index is 11.8. The second-order valence-corrected chi connectivity index (χ2v) is 4.52. The summed E-state index contributed by atoms with van der Waals surface area (Å²) in [6.07, 6.45) is 10.2. The molecule has 0 heterocycles. The molecule has 1 unspecified atom stereocenters. The topological polar surface area (TPSA) is 17.1 Å². The molecule has 0 N–H and O–H groups in total. The summed E-state index contributed by atoms with van der Waals surface area (Å²) in [5, 5.41) is 0. The zero-order valence-electron chi connectivity index (χ0n) is 10.8. The third kappa shape index (κ3) is 7.58. The number of Topliss-reactive ketones (excluding diaryl/α,β-unsaturated/α-hetero) is 1. The Hall–Kier alpha value is -0.330. The summed E-state index contributed by atoms with van der Waals surface area (Å²) in [5.41, 5.74) is 0. The molecule has 1 heteroatoms. The smallest absolute Gasteiger partial charge is 0.135 e. The Bertz CT molecular complexity index is 151. The third-order valence-corrected chi connectivity index (χ3v) is 3.13. The highest BCUT2D eigenvalue weighted by Gasteiger charge is 2.14. The van der Waals surface area contributed by atoms with Crippen molar-refractivity contribution in [3.8, 4) is 0 Å². The van der Waals surface area contributed by atoms with Crippen molar-refractivity contribution in [2.45, 2.75) is 78.6 Å². The highest BCUT2D eigenvalue weighted by Crippen LogP contribution is 2.17. The average Bonchev–Trinajstić information content (AvgIpc) is 2.25. The predicted molar refractivity (Wildman–Crippen MR) is 67.1 cm³/mol. The number of hydrogen-bond acceptors (Lipinski definition) is 1. The molecule has 0 rings (SSSR count). The number of rotatable bonds is 10. The molecule has 0 aromatic heterocycles. The summed E-state index contributed by atoms with van der Waals surface area (Å²) in [4.78, 5) is 11.8. The Morgan fingerprint density at radius 1 is 0.933 bits per heavy atom. The first-order chi connectivity index (χ1) is 7.26. The second kappa shape index (κ2) is 10.2. The van der Waals surface area contributed by atoms with Crippen LogP contribution in [-0.4, -0.2) is 5.78 Å². The molecule has 0 fully saturated rings. The first kappa shape index (κ1) is 14.7. The van der Waals surface area contributed by atoms with Crippen molar-refractivity contribution in [3.05, 3.63) is 0 Å². The minimum atomic E-state index is 0.353. The molecule has 0 amide bonds. The van der Waals surface area contributed by atoms with Crippen molar-refractivity contribution in [2.24, 2.45) is 5.92 Å². The molecule has 1 atom stereocenters. The van der Waals surface area contributed by atoms with Gasteiger partial charge in [-0.2, -0.15) is 0 Å². The minimum absolute atomic E-state index is 0.353. The van der Waals surface area contributed by atoms with Crippen LogP contribution in [-0.2, 0) is 4.79 Å². The van der Waals surface area contributed by atoms with Crippen molar-refractivity contribution < 1.29 is 4.79 Å². The van der Waals surface area contributed by atoms with Crippen LogP contribution < -0.4 is 0 Å². The van der Waals surface area contributed by atoms with Gasteiger partial charge in [0.1, 0.15) is 5.78 Å². The highest BCUT2D eigenvalue weighted by molar-refractivity contribution is 5.80. The van der Waals surface area contributed by atoms with Gasteiger partial charge in [-0.25, -0.2) is 0 Å². The number of hydrogen-bond donors (Lipinski definition) is 0. The lowest BCUT2D eigenvalue weighted by Gasteiger charge is -2.12. The molecule has 0 aromatic rings. The van der Waals surface area contributed by atoms with Crippen LogP contribution in [0.5, 0.6) is 0 Å². The fraction of sp³-hybridized carbons (Fsp3) is 0.929. The fourth-order valence-corrected chi connectivity index (χ4v) is 1.97. The molecule has 15 heavy (non-hydrogen) atoms. The van der Waals surface area contributed by atoms with Crippen molar-refractivity contribution in [2.75, 3.05) is 0 Å². The van der Waals surface area contributed by atoms with Gasteiger partial charge < -0.3 is 0 Å². The summed E-state index contributed by atoms with van der Waals surface area (Å²) in [5.74, 6) is 0.869.